The zero-order valence-corrected chi connectivity index (χ0v) is 15.5. The Labute approximate surface area is 162 Å². The number of allylic oxidation sites excluding steroid dienone is 1. The monoisotopic (exact) mass is 378 g/mol. The van der Waals surface area contributed by atoms with Crippen LogP contribution in [0.3, 0.4) is 0 Å². The van der Waals surface area contributed by atoms with Crippen LogP contribution in [0.1, 0.15) is 15.9 Å². The quantitative estimate of drug-likeness (QED) is 0.469. The number of ketones is 1. The van der Waals surface area contributed by atoms with Crippen LogP contribution in [-0.4, -0.2) is 25.0 Å². The standard InChI is InChI=1S/C22H19FN2O3/c1-27-20-12-6-16(14-21(20)28-2)19(26)11-5-15-4-3-13-24-22(15)25-18-9-7-17(23)8-10-18/h3-14H,1-2H3,(H,24,25)/b11-5+. The summed E-state index contributed by atoms with van der Waals surface area (Å²) in [6.07, 6.45) is 4.78. The number of aromatic nitrogens is 1. The Morgan fingerprint density at radius 1 is 1.04 bits per heavy atom. The van der Waals surface area contributed by atoms with E-state index in [4.69, 9.17) is 9.47 Å². The lowest BCUT2D eigenvalue weighted by Gasteiger charge is -2.09. The fraction of sp³-hybridized carbons (Fsp3) is 0.0909. The maximum Gasteiger partial charge on any atom is 0.185 e. The van der Waals surface area contributed by atoms with Crippen molar-refractivity contribution >= 4 is 23.4 Å². The number of carbonyl (C=O) groups is 1. The first-order valence-electron chi connectivity index (χ1n) is 8.53. The number of benzene rings is 2. The largest absolute Gasteiger partial charge is 0.493 e. The normalized spacial score (nSPS) is 10.7. The molecule has 0 amide bonds. The third kappa shape index (κ3) is 4.54. The number of rotatable bonds is 7. The Balaban J connectivity index is 1.80. The van der Waals surface area contributed by atoms with Crippen molar-refractivity contribution in [2.75, 3.05) is 19.5 Å². The van der Waals surface area contributed by atoms with Crippen molar-refractivity contribution in [1.29, 1.82) is 0 Å². The highest BCUT2D eigenvalue weighted by Gasteiger charge is 2.09. The van der Waals surface area contributed by atoms with Crippen LogP contribution >= 0.6 is 0 Å². The SMILES string of the molecule is COc1ccc(C(=O)/C=C/c2cccnc2Nc2ccc(F)cc2)cc1OC. The molecule has 0 atom stereocenters. The molecule has 1 aromatic heterocycles. The average Bonchev–Trinajstić information content (AvgIpc) is 2.74. The second kappa shape index (κ2) is 8.81. The number of nitrogens with zero attached hydrogens (tertiary/aromatic N) is 1. The maximum absolute atomic E-state index is 13.1. The number of halogens is 1. The number of anilines is 2. The summed E-state index contributed by atoms with van der Waals surface area (Å²) in [5.41, 5.74) is 1.90. The van der Waals surface area contributed by atoms with Crippen molar-refractivity contribution in [2.24, 2.45) is 0 Å². The maximum atomic E-state index is 13.1. The van der Waals surface area contributed by atoms with Gasteiger partial charge < -0.3 is 14.8 Å². The van der Waals surface area contributed by atoms with Crippen LogP contribution in [0.2, 0.25) is 0 Å². The van der Waals surface area contributed by atoms with Crippen molar-refractivity contribution < 1.29 is 18.7 Å². The number of hydrogen-bond acceptors (Lipinski definition) is 5. The minimum absolute atomic E-state index is 0.183. The molecule has 0 fully saturated rings. The minimum Gasteiger partial charge on any atom is -0.493 e. The van der Waals surface area contributed by atoms with Gasteiger partial charge in [-0.3, -0.25) is 4.79 Å². The fourth-order valence-electron chi connectivity index (χ4n) is 2.58. The smallest absolute Gasteiger partial charge is 0.185 e. The number of ether oxygens (including phenoxy) is 2. The van der Waals surface area contributed by atoms with E-state index in [1.807, 2.05) is 6.07 Å². The van der Waals surface area contributed by atoms with Gasteiger partial charge in [0.1, 0.15) is 11.6 Å². The van der Waals surface area contributed by atoms with Crippen molar-refractivity contribution in [3.8, 4) is 11.5 Å². The molecule has 0 saturated carbocycles. The molecule has 0 radical (unpaired) electrons. The van der Waals surface area contributed by atoms with Crippen molar-refractivity contribution in [3.05, 3.63) is 83.8 Å². The average molecular weight is 378 g/mol. The van der Waals surface area contributed by atoms with Crippen LogP contribution < -0.4 is 14.8 Å². The third-order valence-electron chi connectivity index (χ3n) is 4.03. The second-order valence-electron chi connectivity index (χ2n) is 5.84. The summed E-state index contributed by atoms with van der Waals surface area (Å²) < 4.78 is 23.5. The third-order valence-corrected chi connectivity index (χ3v) is 4.03. The Hall–Kier alpha value is -3.67. The molecule has 0 bridgehead atoms. The molecule has 3 aromatic rings. The summed E-state index contributed by atoms with van der Waals surface area (Å²) in [5.74, 6) is 1.11. The second-order valence-corrected chi connectivity index (χ2v) is 5.84. The molecule has 142 valence electrons. The Kier molecular flexibility index (Phi) is 6.01. The van der Waals surface area contributed by atoms with Gasteiger partial charge in [-0.15, -0.1) is 0 Å². The van der Waals surface area contributed by atoms with E-state index in [9.17, 15) is 9.18 Å². The van der Waals surface area contributed by atoms with Crippen LogP contribution in [0.15, 0.2) is 66.9 Å². The molecule has 0 aliphatic carbocycles. The molecular weight excluding hydrogens is 359 g/mol. The Morgan fingerprint density at radius 2 is 1.79 bits per heavy atom. The zero-order chi connectivity index (χ0) is 19.9. The van der Waals surface area contributed by atoms with Gasteiger partial charge in [-0.05, 0) is 66.7 Å². The number of carbonyl (C=O) groups excluding carboxylic acids is 1. The molecule has 0 aliphatic rings. The summed E-state index contributed by atoms with van der Waals surface area (Å²) in [5, 5.41) is 3.12. The van der Waals surface area contributed by atoms with E-state index >= 15 is 0 Å². The van der Waals surface area contributed by atoms with Crippen LogP contribution in [0.4, 0.5) is 15.9 Å². The van der Waals surface area contributed by atoms with Crippen LogP contribution in [-0.2, 0) is 0 Å². The Bertz CT molecular complexity index is 1000. The molecule has 5 nitrogen and oxygen atoms in total. The van der Waals surface area contributed by atoms with Gasteiger partial charge in [0.2, 0.25) is 0 Å². The van der Waals surface area contributed by atoms with E-state index in [1.165, 1.54) is 32.4 Å². The van der Waals surface area contributed by atoms with Crippen LogP contribution in [0, 0.1) is 5.82 Å². The summed E-state index contributed by atoms with van der Waals surface area (Å²) in [4.78, 5) is 16.8. The van der Waals surface area contributed by atoms with E-state index in [2.05, 4.69) is 10.3 Å². The highest BCUT2D eigenvalue weighted by Crippen LogP contribution is 2.28. The van der Waals surface area contributed by atoms with E-state index in [0.717, 1.165) is 5.56 Å². The molecule has 0 unspecified atom stereocenters. The van der Waals surface area contributed by atoms with E-state index in [1.54, 1.807) is 48.7 Å². The van der Waals surface area contributed by atoms with Gasteiger partial charge in [0, 0.05) is 23.0 Å². The number of hydrogen-bond donors (Lipinski definition) is 1. The van der Waals surface area contributed by atoms with Gasteiger partial charge in [-0.1, -0.05) is 0 Å². The van der Waals surface area contributed by atoms with E-state index in [-0.39, 0.29) is 11.6 Å². The van der Waals surface area contributed by atoms with Crippen molar-refractivity contribution in [3.63, 3.8) is 0 Å². The van der Waals surface area contributed by atoms with E-state index in [0.29, 0.717) is 28.6 Å². The fourth-order valence-corrected chi connectivity index (χ4v) is 2.58. The predicted molar refractivity (Wildman–Crippen MR) is 107 cm³/mol. The summed E-state index contributed by atoms with van der Waals surface area (Å²) in [6, 6.07) is 14.6. The van der Waals surface area contributed by atoms with Crippen molar-refractivity contribution in [2.45, 2.75) is 0 Å². The molecule has 3 rings (SSSR count). The molecule has 0 aliphatic heterocycles. The predicted octanol–water partition coefficient (Wildman–Crippen LogP) is 4.88. The van der Waals surface area contributed by atoms with Gasteiger partial charge >= 0.3 is 0 Å². The Morgan fingerprint density at radius 3 is 2.50 bits per heavy atom. The molecule has 6 heteroatoms. The summed E-state index contributed by atoms with van der Waals surface area (Å²) in [7, 11) is 3.06. The molecule has 0 spiro atoms. The van der Waals surface area contributed by atoms with E-state index < -0.39 is 0 Å². The molecule has 1 N–H and O–H groups in total. The zero-order valence-electron chi connectivity index (χ0n) is 15.5. The molecule has 28 heavy (non-hydrogen) atoms. The summed E-state index contributed by atoms with van der Waals surface area (Å²) >= 11 is 0. The summed E-state index contributed by atoms with van der Waals surface area (Å²) in [6.45, 7) is 0. The molecule has 0 saturated heterocycles. The molecule has 2 aromatic carbocycles. The van der Waals surface area contributed by atoms with Gasteiger partial charge in [0.05, 0.1) is 14.2 Å². The van der Waals surface area contributed by atoms with Gasteiger partial charge in [-0.2, -0.15) is 0 Å². The minimum atomic E-state index is -0.313. The first-order valence-corrected chi connectivity index (χ1v) is 8.53. The van der Waals surface area contributed by atoms with Gasteiger partial charge in [0.25, 0.3) is 0 Å². The highest BCUT2D eigenvalue weighted by molar-refractivity contribution is 6.07. The number of methoxy groups -OCH3 is 2. The topological polar surface area (TPSA) is 60.5 Å². The number of pyridine rings is 1. The van der Waals surface area contributed by atoms with Crippen molar-refractivity contribution in [1.82, 2.24) is 4.98 Å². The molecule has 1 heterocycles. The number of nitrogens with one attached hydrogen (secondary N) is 1. The van der Waals surface area contributed by atoms with Gasteiger partial charge in [-0.25, -0.2) is 9.37 Å². The van der Waals surface area contributed by atoms with Crippen LogP contribution in [0.5, 0.6) is 11.5 Å². The lowest BCUT2D eigenvalue weighted by atomic mass is 10.1. The molecular formula is C22H19FN2O3. The lowest BCUT2D eigenvalue weighted by Crippen LogP contribution is -1.98. The highest BCUT2D eigenvalue weighted by atomic mass is 19.1. The first kappa shape index (κ1) is 19.1. The lowest BCUT2D eigenvalue weighted by molar-refractivity contribution is 0.104. The first-order chi connectivity index (χ1) is 13.6. The van der Waals surface area contributed by atoms with Crippen LogP contribution in [0.25, 0.3) is 6.08 Å². The van der Waals surface area contributed by atoms with Gasteiger partial charge in [0.15, 0.2) is 17.3 Å².